The second-order valence-electron chi connectivity index (χ2n) is 6.38. The van der Waals surface area contributed by atoms with E-state index in [0.717, 1.165) is 10.5 Å². The Morgan fingerprint density at radius 1 is 1.07 bits per heavy atom. The number of hydrogen-bond acceptors (Lipinski definition) is 5. The average Bonchev–Trinajstić information content (AvgIpc) is 2.94. The van der Waals surface area contributed by atoms with Crippen molar-refractivity contribution in [2.24, 2.45) is 0 Å². The molecule has 0 N–H and O–H groups in total. The average molecular weight is 377 g/mol. The highest BCUT2D eigenvalue weighted by atomic mass is 16.6. The minimum absolute atomic E-state index is 0.0803. The lowest BCUT2D eigenvalue weighted by Gasteiger charge is -2.21. The minimum Gasteiger partial charge on any atom is -0.365 e. The van der Waals surface area contributed by atoms with Gasteiger partial charge in [-0.3, -0.25) is 24.6 Å². The third-order valence-corrected chi connectivity index (χ3v) is 4.47. The first-order valence-electron chi connectivity index (χ1n) is 8.65. The van der Waals surface area contributed by atoms with E-state index in [9.17, 15) is 19.7 Å². The molecule has 0 atom stereocenters. The van der Waals surface area contributed by atoms with E-state index in [0.29, 0.717) is 12.1 Å². The van der Waals surface area contributed by atoms with Gasteiger partial charge in [0.2, 0.25) is 0 Å². The van der Waals surface area contributed by atoms with Crippen LogP contribution in [0, 0.1) is 10.1 Å². The van der Waals surface area contributed by atoms with Gasteiger partial charge in [0.05, 0.1) is 10.5 Å². The number of likely N-dealkylation sites (N-methyl/N-ethyl adjacent to an activating group) is 1. The number of amides is 2. The third kappa shape index (κ3) is 3.55. The van der Waals surface area contributed by atoms with Crippen molar-refractivity contribution in [2.75, 3.05) is 13.6 Å². The normalized spacial score (nSPS) is 13.8. The van der Waals surface area contributed by atoms with Gasteiger partial charge in [0.15, 0.2) is 0 Å². The zero-order valence-electron chi connectivity index (χ0n) is 15.4. The molecule has 7 heteroatoms. The molecule has 142 valence electrons. The van der Waals surface area contributed by atoms with Crippen LogP contribution in [0.5, 0.6) is 0 Å². The van der Waals surface area contributed by atoms with Gasteiger partial charge in [0.25, 0.3) is 17.5 Å². The van der Waals surface area contributed by atoms with Gasteiger partial charge in [-0.15, -0.1) is 6.58 Å². The number of benzene rings is 2. The summed E-state index contributed by atoms with van der Waals surface area (Å²) in [6.07, 6.45) is 1.49. The Morgan fingerprint density at radius 3 is 2.29 bits per heavy atom. The van der Waals surface area contributed by atoms with Crippen LogP contribution in [0.1, 0.15) is 11.1 Å². The fourth-order valence-electron chi connectivity index (χ4n) is 3.16. The predicted octanol–water partition coefficient (Wildman–Crippen LogP) is 2.99. The summed E-state index contributed by atoms with van der Waals surface area (Å²) in [7, 11) is 1.75. The predicted molar refractivity (Wildman–Crippen MR) is 105 cm³/mol. The van der Waals surface area contributed by atoms with Crippen molar-refractivity contribution >= 4 is 23.1 Å². The van der Waals surface area contributed by atoms with Crippen LogP contribution in [0.25, 0.3) is 5.57 Å². The Bertz CT molecular complexity index is 965. The molecule has 2 aromatic rings. The molecule has 0 spiro atoms. The number of nitrogens with zero attached hydrogens (tertiary/aromatic N) is 3. The molecule has 0 unspecified atom stereocenters. The first-order chi connectivity index (χ1) is 13.4. The fraction of sp³-hybridized carbons (Fsp3) is 0.143. The van der Waals surface area contributed by atoms with Gasteiger partial charge < -0.3 is 4.90 Å². The minimum atomic E-state index is -0.508. The van der Waals surface area contributed by atoms with Crippen LogP contribution >= 0.6 is 0 Å². The second-order valence-corrected chi connectivity index (χ2v) is 6.38. The van der Waals surface area contributed by atoms with Crippen LogP contribution < -0.4 is 0 Å². The molecular weight excluding hydrogens is 358 g/mol. The van der Waals surface area contributed by atoms with Crippen molar-refractivity contribution in [3.05, 3.63) is 94.2 Å². The lowest BCUT2D eigenvalue weighted by atomic mass is 10.0. The molecule has 1 aliphatic rings. The summed E-state index contributed by atoms with van der Waals surface area (Å²) in [4.78, 5) is 39.1. The first kappa shape index (κ1) is 19.0. The van der Waals surface area contributed by atoms with Crippen LogP contribution in [0.3, 0.4) is 0 Å². The van der Waals surface area contributed by atoms with E-state index < -0.39 is 16.7 Å². The van der Waals surface area contributed by atoms with Crippen LogP contribution in [-0.2, 0) is 16.1 Å². The summed E-state index contributed by atoms with van der Waals surface area (Å²) in [5, 5.41) is 10.9. The van der Waals surface area contributed by atoms with Crippen molar-refractivity contribution in [1.82, 2.24) is 9.80 Å². The molecule has 7 nitrogen and oxygen atoms in total. The van der Waals surface area contributed by atoms with Gasteiger partial charge in [0, 0.05) is 32.3 Å². The molecule has 28 heavy (non-hydrogen) atoms. The molecule has 0 radical (unpaired) electrons. The highest BCUT2D eigenvalue weighted by molar-refractivity contribution is 6.35. The van der Waals surface area contributed by atoms with E-state index in [2.05, 4.69) is 6.58 Å². The lowest BCUT2D eigenvalue weighted by molar-refractivity contribution is -0.384. The highest BCUT2D eigenvalue weighted by Crippen LogP contribution is 2.32. The van der Waals surface area contributed by atoms with Crippen LogP contribution in [-0.4, -0.2) is 40.1 Å². The summed E-state index contributed by atoms with van der Waals surface area (Å²) in [5.41, 5.74) is 1.88. The van der Waals surface area contributed by atoms with Crippen molar-refractivity contribution in [3.8, 4) is 0 Å². The molecule has 1 heterocycles. The monoisotopic (exact) mass is 377 g/mol. The molecular formula is C21H19N3O4. The number of carbonyl (C=O) groups is 2. The number of hydrogen-bond donors (Lipinski definition) is 0. The third-order valence-electron chi connectivity index (χ3n) is 4.47. The maximum Gasteiger partial charge on any atom is 0.278 e. The Labute approximate surface area is 162 Å². The summed E-state index contributed by atoms with van der Waals surface area (Å²) >= 11 is 0. The molecule has 0 fully saturated rings. The van der Waals surface area contributed by atoms with Crippen molar-refractivity contribution < 1.29 is 14.5 Å². The van der Waals surface area contributed by atoms with Gasteiger partial charge in [-0.1, -0.05) is 36.4 Å². The first-order valence-corrected chi connectivity index (χ1v) is 8.65. The molecule has 2 amide bonds. The topological polar surface area (TPSA) is 83.8 Å². The van der Waals surface area contributed by atoms with Gasteiger partial charge in [-0.25, -0.2) is 0 Å². The second kappa shape index (κ2) is 7.87. The van der Waals surface area contributed by atoms with E-state index in [-0.39, 0.29) is 23.5 Å². The Kier molecular flexibility index (Phi) is 5.35. The van der Waals surface area contributed by atoms with Gasteiger partial charge in [0.1, 0.15) is 5.70 Å². The molecule has 3 rings (SSSR count). The molecule has 0 saturated carbocycles. The molecule has 2 aromatic carbocycles. The van der Waals surface area contributed by atoms with Gasteiger partial charge in [-0.2, -0.15) is 0 Å². The van der Waals surface area contributed by atoms with Crippen LogP contribution in [0.2, 0.25) is 0 Å². The maximum atomic E-state index is 12.9. The molecule has 0 aromatic heterocycles. The standard InChI is InChI=1S/C21H19N3O4/c1-3-13-23-20(25)18(16-9-11-17(12-10-16)24(27)28)19(21(23)26)22(2)14-15-7-5-4-6-8-15/h3-12H,1,13-14H2,2H3. The Hall–Kier alpha value is -3.74. The van der Waals surface area contributed by atoms with Crippen molar-refractivity contribution in [3.63, 3.8) is 0 Å². The SMILES string of the molecule is C=CCN1C(=O)C(c2ccc([N+](=O)[O-])cc2)=C(N(C)Cc2ccccc2)C1=O. The molecule has 0 bridgehead atoms. The van der Waals surface area contributed by atoms with E-state index in [4.69, 9.17) is 0 Å². The summed E-state index contributed by atoms with van der Waals surface area (Å²) in [6, 6.07) is 15.2. The van der Waals surface area contributed by atoms with Gasteiger partial charge in [-0.05, 0) is 23.3 Å². The Balaban J connectivity index is 2.04. The molecule has 0 aliphatic carbocycles. The van der Waals surface area contributed by atoms with Crippen LogP contribution in [0.15, 0.2) is 72.9 Å². The van der Waals surface area contributed by atoms with Crippen molar-refractivity contribution in [2.45, 2.75) is 6.54 Å². The largest absolute Gasteiger partial charge is 0.365 e. The van der Waals surface area contributed by atoms with Gasteiger partial charge >= 0.3 is 0 Å². The summed E-state index contributed by atoms with van der Waals surface area (Å²) < 4.78 is 0. The number of carbonyl (C=O) groups excluding carboxylic acids is 2. The zero-order chi connectivity index (χ0) is 20.3. The zero-order valence-corrected chi connectivity index (χ0v) is 15.4. The van der Waals surface area contributed by atoms with Crippen molar-refractivity contribution in [1.29, 1.82) is 0 Å². The van der Waals surface area contributed by atoms with E-state index in [1.807, 2.05) is 30.3 Å². The fourth-order valence-corrected chi connectivity index (χ4v) is 3.16. The number of nitro groups is 1. The smallest absolute Gasteiger partial charge is 0.278 e. The molecule has 1 aliphatic heterocycles. The Morgan fingerprint density at radius 2 is 1.71 bits per heavy atom. The highest BCUT2D eigenvalue weighted by Gasteiger charge is 2.40. The number of non-ortho nitro benzene ring substituents is 1. The number of nitro benzene ring substituents is 1. The van der Waals surface area contributed by atoms with Crippen LogP contribution in [0.4, 0.5) is 5.69 Å². The quantitative estimate of drug-likeness (QED) is 0.321. The lowest BCUT2D eigenvalue weighted by Crippen LogP contribution is -2.34. The number of rotatable bonds is 7. The number of imide groups is 1. The maximum absolute atomic E-state index is 12.9. The van der Waals surface area contributed by atoms with E-state index >= 15 is 0 Å². The molecule has 0 saturated heterocycles. The van der Waals surface area contributed by atoms with E-state index in [1.54, 1.807) is 11.9 Å². The summed E-state index contributed by atoms with van der Waals surface area (Å²) in [5.74, 6) is -0.842. The summed E-state index contributed by atoms with van der Waals surface area (Å²) in [6.45, 7) is 4.14. The van der Waals surface area contributed by atoms with E-state index in [1.165, 1.54) is 30.3 Å².